The number of nitrogens with one attached hydrogen (secondary N) is 1. The third-order valence-electron chi connectivity index (χ3n) is 6.30. The smallest absolute Gasteiger partial charge is 0.255 e. The highest BCUT2D eigenvalue weighted by Crippen LogP contribution is 2.21. The second kappa shape index (κ2) is 12.0. The van der Waals surface area contributed by atoms with Crippen LogP contribution in [0.25, 0.3) is 0 Å². The molecule has 3 aromatic carbocycles. The van der Waals surface area contributed by atoms with Crippen LogP contribution in [-0.2, 0) is 11.2 Å². The minimum Gasteiger partial charge on any atom is -0.322 e. The highest BCUT2D eigenvalue weighted by Gasteiger charge is 2.24. The number of ketones is 1. The zero-order chi connectivity index (χ0) is 24.4. The van der Waals surface area contributed by atoms with Crippen molar-refractivity contribution >= 4 is 28.8 Å². The van der Waals surface area contributed by atoms with Crippen LogP contribution in [0.3, 0.4) is 0 Å². The van der Waals surface area contributed by atoms with Crippen LogP contribution in [0.2, 0.25) is 0 Å². The highest BCUT2D eigenvalue weighted by molar-refractivity contribution is 6.04. The molecule has 1 N–H and O–H groups in total. The molecular weight excluding hydrogens is 424 g/mol. The van der Waals surface area contributed by atoms with E-state index < -0.39 is 0 Å². The first-order chi connectivity index (χ1) is 16.5. The summed E-state index contributed by atoms with van der Waals surface area (Å²) in [5.74, 6) is 0.108. The summed E-state index contributed by atoms with van der Waals surface area (Å²) in [5.41, 5.74) is 3.70. The number of rotatable bonds is 11. The Balaban J connectivity index is 1.54. The van der Waals surface area contributed by atoms with Gasteiger partial charge in [0.2, 0.25) is 0 Å². The third kappa shape index (κ3) is 6.93. The maximum atomic E-state index is 12.6. The second-order valence-corrected chi connectivity index (χ2v) is 8.40. The summed E-state index contributed by atoms with van der Waals surface area (Å²) in [6.45, 7) is 9.93. The lowest BCUT2D eigenvalue weighted by atomic mass is 10.1. The summed E-state index contributed by atoms with van der Waals surface area (Å²) < 4.78 is 0.833. The Kier molecular flexibility index (Phi) is 8.82. The molecule has 0 aromatic heterocycles. The van der Waals surface area contributed by atoms with Crippen LogP contribution < -0.4 is 5.32 Å². The molecule has 0 fully saturated rings. The Labute approximate surface area is 201 Å². The SMILES string of the molecule is CC[N+](CC)(CC)CC(=O)Cc1ccc(N=Nc2ccc(NC(=O)c3ccccc3)cc2)cc1. The molecule has 34 heavy (non-hydrogen) atoms. The van der Waals surface area contributed by atoms with Gasteiger partial charge < -0.3 is 9.80 Å². The summed E-state index contributed by atoms with van der Waals surface area (Å²) in [4.78, 5) is 24.8. The Morgan fingerprint density at radius 3 is 1.79 bits per heavy atom. The second-order valence-electron chi connectivity index (χ2n) is 8.40. The maximum absolute atomic E-state index is 12.6. The number of hydrogen-bond acceptors (Lipinski definition) is 4. The van der Waals surface area contributed by atoms with Gasteiger partial charge in [-0.05, 0) is 74.9 Å². The molecular formula is C28H33N4O2+. The van der Waals surface area contributed by atoms with Crippen molar-refractivity contribution in [1.29, 1.82) is 0 Å². The van der Waals surface area contributed by atoms with E-state index in [0.29, 0.717) is 29.9 Å². The van der Waals surface area contributed by atoms with Gasteiger partial charge in [-0.2, -0.15) is 10.2 Å². The molecule has 3 rings (SSSR count). The minimum atomic E-state index is -0.155. The fourth-order valence-corrected chi connectivity index (χ4v) is 3.86. The van der Waals surface area contributed by atoms with E-state index >= 15 is 0 Å². The van der Waals surface area contributed by atoms with Crippen LogP contribution >= 0.6 is 0 Å². The lowest BCUT2D eigenvalue weighted by Crippen LogP contribution is -2.51. The van der Waals surface area contributed by atoms with Crippen molar-refractivity contribution in [2.45, 2.75) is 27.2 Å². The third-order valence-corrected chi connectivity index (χ3v) is 6.30. The summed E-state index contributed by atoms with van der Waals surface area (Å²) in [5, 5.41) is 11.4. The number of benzene rings is 3. The topological polar surface area (TPSA) is 70.9 Å². The van der Waals surface area contributed by atoms with E-state index in [1.807, 2.05) is 42.5 Å². The zero-order valence-corrected chi connectivity index (χ0v) is 20.2. The van der Waals surface area contributed by atoms with Crippen molar-refractivity contribution in [2.24, 2.45) is 10.2 Å². The molecule has 3 aromatic rings. The van der Waals surface area contributed by atoms with Crippen LogP contribution in [0.15, 0.2) is 89.1 Å². The molecule has 0 spiro atoms. The number of carbonyl (C=O) groups is 2. The number of anilines is 1. The number of likely N-dealkylation sites (N-methyl/N-ethyl adjacent to an activating group) is 1. The summed E-state index contributed by atoms with van der Waals surface area (Å²) in [6, 6.07) is 23.9. The zero-order valence-electron chi connectivity index (χ0n) is 20.2. The predicted octanol–water partition coefficient (Wildman–Crippen LogP) is 6.34. The van der Waals surface area contributed by atoms with Crippen LogP contribution in [0, 0.1) is 0 Å². The van der Waals surface area contributed by atoms with Crippen molar-refractivity contribution in [1.82, 2.24) is 0 Å². The molecule has 0 saturated heterocycles. The number of nitrogens with zero attached hydrogens (tertiary/aromatic N) is 3. The van der Waals surface area contributed by atoms with Gasteiger partial charge in [0, 0.05) is 17.7 Å². The summed E-state index contributed by atoms with van der Waals surface area (Å²) >= 11 is 0. The first kappa shape index (κ1) is 25.0. The van der Waals surface area contributed by atoms with E-state index in [-0.39, 0.29) is 11.7 Å². The Hall–Kier alpha value is -3.64. The normalized spacial score (nSPS) is 11.5. The van der Waals surface area contributed by atoms with Gasteiger partial charge in [-0.15, -0.1) is 0 Å². The van der Waals surface area contributed by atoms with E-state index in [0.717, 1.165) is 35.4 Å². The van der Waals surface area contributed by atoms with E-state index in [9.17, 15) is 9.59 Å². The molecule has 6 heteroatoms. The lowest BCUT2D eigenvalue weighted by molar-refractivity contribution is -0.915. The summed E-state index contributed by atoms with van der Waals surface area (Å²) in [6.07, 6.45) is 0.438. The largest absolute Gasteiger partial charge is 0.322 e. The van der Waals surface area contributed by atoms with Gasteiger partial charge in [0.25, 0.3) is 5.91 Å². The van der Waals surface area contributed by atoms with Gasteiger partial charge in [-0.3, -0.25) is 9.59 Å². The van der Waals surface area contributed by atoms with Crippen LogP contribution in [0.4, 0.5) is 17.1 Å². The Morgan fingerprint density at radius 1 is 0.735 bits per heavy atom. The first-order valence-electron chi connectivity index (χ1n) is 11.8. The van der Waals surface area contributed by atoms with Gasteiger partial charge in [0.15, 0.2) is 5.78 Å². The number of quaternary nitrogens is 1. The summed E-state index contributed by atoms with van der Waals surface area (Å²) in [7, 11) is 0. The van der Waals surface area contributed by atoms with Crippen molar-refractivity contribution in [3.8, 4) is 0 Å². The number of carbonyl (C=O) groups excluding carboxylic acids is 2. The number of azo groups is 1. The standard InChI is InChI=1S/C28H32N4O2/c1-4-32(5-2,6-3)21-27(33)20-22-12-14-25(15-13-22)30-31-26-18-16-24(17-19-26)29-28(34)23-10-8-7-9-11-23/h7-19H,4-6,20-21H2,1-3H3/p+1. The number of Topliss-reactive ketones (excluding diaryl/α,β-unsaturated/α-hetero) is 1. The van der Waals surface area contributed by atoms with E-state index in [1.54, 1.807) is 36.4 Å². The monoisotopic (exact) mass is 457 g/mol. The lowest BCUT2D eigenvalue weighted by Gasteiger charge is -2.35. The van der Waals surface area contributed by atoms with Crippen molar-refractivity contribution < 1.29 is 14.1 Å². The molecule has 0 bridgehead atoms. The van der Waals surface area contributed by atoms with Crippen LogP contribution in [0.1, 0.15) is 36.7 Å². The molecule has 0 aliphatic rings. The molecule has 0 radical (unpaired) electrons. The van der Waals surface area contributed by atoms with E-state index in [2.05, 4.69) is 36.3 Å². The fraction of sp³-hybridized carbons (Fsp3) is 0.286. The van der Waals surface area contributed by atoms with E-state index in [1.165, 1.54) is 0 Å². The molecule has 0 aliphatic carbocycles. The van der Waals surface area contributed by atoms with Crippen LogP contribution in [-0.4, -0.2) is 42.4 Å². The Morgan fingerprint density at radius 2 is 1.26 bits per heavy atom. The van der Waals surface area contributed by atoms with Gasteiger partial charge in [0.1, 0.15) is 6.54 Å². The minimum absolute atomic E-state index is 0.155. The fourth-order valence-electron chi connectivity index (χ4n) is 3.86. The predicted molar refractivity (Wildman–Crippen MR) is 137 cm³/mol. The molecule has 0 unspecified atom stereocenters. The maximum Gasteiger partial charge on any atom is 0.255 e. The molecule has 1 amide bonds. The van der Waals surface area contributed by atoms with Gasteiger partial charge in [-0.1, -0.05) is 30.3 Å². The number of hydrogen-bond donors (Lipinski definition) is 1. The molecule has 176 valence electrons. The molecule has 0 heterocycles. The molecule has 6 nitrogen and oxygen atoms in total. The molecule has 0 saturated carbocycles. The van der Waals surface area contributed by atoms with Gasteiger partial charge >= 0.3 is 0 Å². The Bertz CT molecular complexity index is 1100. The highest BCUT2D eigenvalue weighted by atomic mass is 16.1. The van der Waals surface area contributed by atoms with Gasteiger partial charge in [-0.25, -0.2) is 0 Å². The quantitative estimate of drug-likeness (QED) is 0.269. The van der Waals surface area contributed by atoms with Crippen molar-refractivity contribution in [3.05, 3.63) is 90.0 Å². The average Bonchev–Trinajstić information content (AvgIpc) is 2.88. The molecule has 0 aliphatic heterocycles. The van der Waals surface area contributed by atoms with Crippen molar-refractivity contribution in [3.63, 3.8) is 0 Å². The molecule has 0 atom stereocenters. The van der Waals surface area contributed by atoms with Crippen molar-refractivity contribution in [2.75, 3.05) is 31.5 Å². The van der Waals surface area contributed by atoms with Gasteiger partial charge in [0.05, 0.1) is 31.0 Å². The van der Waals surface area contributed by atoms with E-state index in [4.69, 9.17) is 0 Å². The average molecular weight is 458 g/mol. The van der Waals surface area contributed by atoms with Crippen LogP contribution in [0.5, 0.6) is 0 Å². The first-order valence-corrected chi connectivity index (χ1v) is 11.8. The number of amides is 1.